The van der Waals surface area contributed by atoms with E-state index in [4.69, 9.17) is 0 Å². The van der Waals surface area contributed by atoms with E-state index in [1.54, 1.807) is 6.07 Å². The predicted octanol–water partition coefficient (Wildman–Crippen LogP) is 2.32. The number of nitrogens with zero attached hydrogens (tertiary/aromatic N) is 2. The van der Waals surface area contributed by atoms with Crippen LogP contribution < -0.4 is 0 Å². The number of rotatable bonds is 5. The van der Waals surface area contributed by atoms with Gasteiger partial charge in [-0.3, -0.25) is 25.0 Å². The first-order valence-corrected chi connectivity index (χ1v) is 6.38. The number of hydrogen-bond acceptors (Lipinski definition) is 5. The largest absolute Gasteiger partial charge is 0.299 e. The lowest BCUT2D eigenvalue weighted by molar-refractivity contribution is -0.484. The molecule has 7 heteroatoms. The predicted molar refractivity (Wildman–Crippen MR) is 70.0 cm³/mol. The van der Waals surface area contributed by atoms with Crippen LogP contribution in [0.2, 0.25) is 0 Å². The van der Waals surface area contributed by atoms with E-state index < -0.39 is 28.2 Å². The molecule has 0 spiro atoms. The van der Waals surface area contributed by atoms with Crippen LogP contribution in [0.15, 0.2) is 24.3 Å². The Bertz CT molecular complexity index is 557. The quantitative estimate of drug-likeness (QED) is 0.607. The van der Waals surface area contributed by atoms with Crippen molar-refractivity contribution in [2.75, 3.05) is 6.54 Å². The molecule has 1 aromatic rings. The van der Waals surface area contributed by atoms with Crippen LogP contribution in [0.4, 0.5) is 5.69 Å². The smallest absolute Gasteiger partial charge is 0.273 e. The Morgan fingerprint density at radius 3 is 2.50 bits per heavy atom. The van der Waals surface area contributed by atoms with Crippen LogP contribution in [0.25, 0.3) is 0 Å². The average molecular weight is 278 g/mol. The first-order chi connectivity index (χ1) is 9.50. The molecule has 2 rings (SSSR count). The van der Waals surface area contributed by atoms with Crippen molar-refractivity contribution < 1.29 is 14.6 Å². The maximum atomic E-state index is 11.9. The molecule has 106 valence electrons. The SMILES string of the molecule is O=C1CCCC1C(C[N+](=O)[O-])c1ccccc1[N+](=O)[O-]. The molecule has 0 N–H and O–H groups in total. The van der Waals surface area contributed by atoms with E-state index in [2.05, 4.69) is 0 Å². The second-order valence-electron chi connectivity index (χ2n) is 4.90. The van der Waals surface area contributed by atoms with Crippen LogP contribution in [0, 0.1) is 26.1 Å². The zero-order chi connectivity index (χ0) is 14.7. The topological polar surface area (TPSA) is 103 Å². The standard InChI is InChI=1S/C13H14N2O5/c16-13-7-3-5-10(13)11(8-14(17)18)9-4-1-2-6-12(9)15(19)20/h1-2,4,6,10-11H,3,5,7-8H2. The van der Waals surface area contributed by atoms with Crippen molar-refractivity contribution in [2.45, 2.75) is 25.2 Å². The summed E-state index contributed by atoms with van der Waals surface area (Å²) in [7, 11) is 0. The van der Waals surface area contributed by atoms with Crippen LogP contribution in [-0.4, -0.2) is 22.2 Å². The van der Waals surface area contributed by atoms with Gasteiger partial charge in [0.25, 0.3) is 5.69 Å². The highest BCUT2D eigenvalue weighted by molar-refractivity contribution is 5.84. The Morgan fingerprint density at radius 1 is 1.25 bits per heavy atom. The summed E-state index contributed by atoms with van der Waals surface area (Å²) in [6.07, 6.45) is 1.65. The summed E-state index contributed by atoms with van der Waals surface area (Å²) in [6, 6.07) is 5.95. The van der Waals surface area contributed by atoms with E-state index in [1.807, 2.05) is 0 Å². The van der Waals surface area contributed by atoms with Crippen molar-refractivity contribution in [1.82, 2.24) is 0 Å². The van der Waals surface area contributed by atoms with E-state index >= 15 is 0 Å². The fourth-order valence-electron chi connectivity index (χ4n) is 2.84. The lowest BCUT2D eigenvalue weighted by atomic mass is 9.83. The molecule has 7 nitrogen and oxygen atoms in total. The zero-order valence-corrected chi connectivity index (χ0v) is 10.7. The minimum absolute atomic E-state index is 0.0324. The molecule has 0 radical (unpaired) electrons. The Labute approximate surface area is 114 Å². The molecule has 1 aromatic carbocycles. The second-order valence-corrected chi connectivity index (χ2v) is 4.90. The first-order valence-electron chi connectivity index (χ1n) is 6.38. The van der Waals surface area contributed by atoms with Crippen molar-refractivity contribution >= 4 is 11.5 Å². The third-order valence-corrected chi connectivity index (χ3v) is 3.72. The highest BCUT2D eigenvalue weighted by Crippen LogP contribution is 2.38. The van der Waals surface area contributed by atoms with Gasteiger partial charge in [-0.1, -0.05) is 18.2 Å². The van der Waals surface area contributed by atoms with Crippen LogP contribution >= 0.6 is 0 Å². The van der Waals surface area contributed by atoms with Gasteiger partial charge in [-0.25, -0.2) is 0 Å². The minimum Gasteiger partial charge on any atom is -0.299 e. The first kappa shape index (κ1) is 14.1. The van der Waals surface area contributed by atoms with E-state index in [-0.39, 0.29) is 17.0 Å². The highest BCUT2D eigenvalue weighted by atomic mass is 16.6. The van der Waals surface area contributed by atoms with Crippen LogP contribution in [0.5, 0.6) is 0 Å². The van der Waals surface area contributed by atoms with Crippen LogP contribution in [0.3, 0.4) is 0 Å². The van der Waals surface area contributed by atoms with Crippen molar-refractivity contribution in [3.63, 3.8) is 0 Å². The van der Waals surface area contributed by atoms with Gasteiger partial charge >= 0.3 is 0 Å². The second kappa shape index (κ2) is 5.77. The number of carbonyl (C=O) groups is 1. The summed E-state index contributed by atoms with van der Waals surface area (Å²) >= 11 is 0. The highest BCUT2D eigenvalue weighted by Gasteiger charge is 2.38. The summed E-state index contributed by atoms with van der Waals surface area (Å²) in [5, 5.41) is 21.9. The molecule has 0 amide bonds. The van der Waals surface area contributed by atoms with Gasteiger partial charge in [-0.15, -0.1) is 0 Å². The molecule has 1 aliphatic carbocycles. The number of nitro groups is 2. The Hall–Kier alpha value is -2.31. The van der Waals surface area contributed by atoms with Crippen molar-refractivity contribution in [1.29, 1.82) is 0 Å². The van der Waals surface area contributed by atoms with Gasteiger partial charge in [-0.2, -0.15) is 0 Å². The number of benzene rings is 1. The molecule has 1 fully saturated rings. The number of ketones is 1. The third-order valence-electron chi connectivity index (χ3n) is 3.72. The van der Waals surface area contributed by atoms with Crippen LogP contribution in [0.1, 0.15) is 30.7 Å². The molecule has 0 bridgehead atoms. The minimum atomic E-state index is -0.721. The van der Waals surface area contributed by atoms with E-state index in [0.717, 1.165) is 0 Å². The molecule has 0 aromatic heterocycles. The Balaban J connectivity index is 2.43. The summed E-state index contributed by atoms with van der Waals surface area (Å²) in [6.45, 7) is -0.457. The number of Topliss-reactive ketones (excluding diaryl/α,β-unsaturated/α-hetero) is 1. The lowest BCUT2D eigenvalue weighted by Gasteiger charge is -2.18. The normalized spacial score (nSPS) is 19.8. The van der Waals surface area contributed by atoms with Crippen molar-refractivity contribution in [2.24, 2.45) is 5.92 Å². The molecular formula is C13H14N2O5. The van der Waals surface area contributed by atoms with Gasteiger partial charge in [0, 0.05) is 28.9 Å². The fourth-order valence-corrected chi connectivity index (χ4v) is 2.84. The zero-order valence-electron chi connectivity index (χ0n) is 10.7. The molecule has 1 saturated carbocycles. The average Bonchev–Trinajstić information content (AvgIpc) is 2.82. The van der Waals surface area contributed by atoms with Crippen LogP contribution in [-0.2, 0) is 4.79 Å². The van der Waals surface area contributed by atoms with Gasteiger partial charge in [0.2, 0.25) is 6.54 Å². The number of hydrogen-bond donors (Lipinski definition) is 0. The van der Waals surface area contributed by atoms with Crippen molar-refractivity contribution in [3.05, 3.63) is 50.1 Å². The third kappa shape index (κ3) is 2.81. The summed E-state index contributed by atoms with van der Waals surface area (Å²) in [4.78, 5) is 32.7. The molecule has 2 atom stereocenters. The van der Waals surface area contributed by atoms with Gasteiger partial charge in [0.1, 0.15) is 5.78 Å². The van der Waals surface area contributed by atoms with Crippen molar-refractivity contribution in [3.8, 4) is 0 Å². The lowest BCUT2D eigenvalue weighted by Crippen LogP contribution is -2.24. The number of nitro benzene ring substituents is 1. The maximum Gasteiger partial charge on any atom is 0.273 e. The summed E-state index contributed by atoms with van der Waals surface area (Å²) in [5.74, 6) is -1.24. The van der Waals surface area contributed by atoms with Gasteiger partial charge < -0.3 is 0 Å². The monoisotopic (exact) mass is 278 g/mol. The van der Waals surface area contributed by atoms with Gasteiger partial charge in [-0.05, 0) is 12.8 Å². The summed E-state index contributed by atoms with van der Waals surface area (Å²) in [5.41, 5.74) is 0.133. The van der Waals surface area contributed by atoms with Gasteiger partial charge in [0.15, 0.2) is 0 Å². The molecule has 20 heavy (non-hydrogen) atoms. The van der Waals surface area contributed by atoms with E-state index in [1.165, 1.54) is 18.2 Å². The van der Waals surface area contributed by atoms with E-state index in [9.17, 15) is 25.0 Å². The molecular weight excluding hydrogens is 264 g/mol. The maximum absolute atomic E-state index is 11.9. The molecule has 0 heterocycles. The number of para-hydroxylation sites is 1. The summed E-state index contributed by atoms with van der Waals surface area (Å²) < 4.78 is 0. The van der Waals surface area contributed by atoms with Gasteiger partial charge in [0.05, 0.1) is 10.8 Å². The number of carbonyl (C=O) groups excluding carboxylic acids is 1. The molecule has 0 aliphatic heterocycles. The molecule has 2 unspecified atom stereocenters. The molecule has 0 saturated heterocycles. The fraction of sp³-hybridized carbons (Fsp3) is 0.462. The molecule has 1 aliphatic rings. The van der Waals surface area contributed by atoms with E-state index in [0.29, 0.717) is 19.3 Å². The Kier molecular flexibility index (Phi) is 4.07. The Morgan fingerprint density at radius 2 is 1.95 bits per heavy atom.